The Bertz CT molecular complexity index is 647. The number of rotatable bonds is 3. The molecule has 106 valence electrons. The van der Waals surface area contributed by atoms with Gasteiger partial charge in [0.05, 0.1) is 5.52 Å². The van der Waals surface area contributed by atoms with Crippen LogP contribution in [-0.4, -0.2) is 29.1 Å². The number of fused-ring (bicyclic) bond motifs is 1. The molecule has 1 aromatic carbocycles. The summed E-state index contributed by atoms with van der Waals surface area (Å²) in [6, 6.07) is 12.4. The summed E-state index contributed by atoms with van der Waals surface area (Å²) < 4.78 is 1.93. The SMILES string of the molecule is CN1CCCC[C@H]1CCn1c(=O)ccc2ccccc21. The number of hydrogen-bond acceptors (Lipinski definition) is 2. The lowest BCUT2D eigenvalue weighted by atomic mass is 10.00. The Balaban J connectivity index is 1.83. The molecule has 2 heterocycles. The van der Waals surface area contributed by atoms with Crippen molar-refractivity contribution in [3.8, 4) is 0 Å². The summed E-state index contributed by atoms with van der Waals surface area (Å²) in [5.41, 5.74) is 1.17. The fourth-order valence-electron chi connectivity index (χ4n) is 3.26. The number of nitrogens with zero attached hydrogens (tertiary/aromatic N) is 2. The van der Waals surface area contributed by atoms with E-state index >= 15 is 0 Å². The molecule has 1 fully saturated rings. The molecule has 3 rings (SSSR count). The van der Waals surface area contributed by atoms with Crippen LogP contribution in [0.4, 0.5) is 0 Å². The van der Waals surface area contributed by atoms with Gasteiger partial charge in [-0.05, 0) is 50.4 Å². The summed E-state index contributed by atoms with van der Waals surface area (Å²) in [5.74, 6) is 0. The minimum Gasteiger partial charge on any atom is -0.308 e. The first-order valence-electron chi connectivity index (χ1n) is 7.54. The lowest BCUT2D eigenvalue weighted by Gasteiger charge is -2.32. The molecule has 0 N–H and O–H groups in total. The number of hydrogen-bond donors (Lipinski definition) is 0. The lowest BCUT2D eigenvalue weighted by molar-refractivity contribution is 0.171. The molecule has 1 atom stereocenters. The summed E-state index contributed by atoms with van der Waals surface area (Å²) in [6.45, 7) is 2.00. The molecule has 3 nitrogen and oxygen atoms in total. The Morgan fingerprint density at radius 1 is 1.15 bits per heavy atom. The van der Waals surface area contributed by atoms with Crippen molar-refractivity contribution in [1.82, 2.24) is 9.47 Å². The maximum absolute atomic E-state index is 12.1. The van der Waals surface area contributed by atoms with Crippen LogP contribution >= 0.6 is 0 Å². The van der Waals surface area contributed by atoms with Crippen molar-refractivity contribution in [2.45, 2.75) is 38.3 Å². The van der Waals surface area contributed by atoms with Crippen LogP contribution in [0, 0.1) is 0 Å². The molecule has 1 aliphatic rings. The van der Waals surface area contributed by atoms with Crippen molar-refractivity contribution in [3.63, 3.8) is 0 Å². The van der Waals surface area contributed by atoms with Crippen LogP contribution in [0.15, 0.2) is 41.2 Å². The molecule has 0 spiro atoms. The quantitative estimate of drug-likeness (QED) is 0.857. The maximum atomic E-state index is 12.1. The molecule has 0 unspecified atom stereocenters. The first-order chi connectivity index (χ1) is 9.75. The molecule has 0 saturated carbocycles. The molecule has 3 heteroatoms. The average molecular weight is 270 g/mol. The predicted octanol–water partition coefficient (Wildman–Crippen LogP) is 2.88. The first kappa shape index (κ1) is 13.4. The van der Waals surface area contributed by atoms with Crippen molar-refractivity contribution < 1.29 is 0 Å². The van der Waals surface area contributed by atoms with Gasteiger partial charge >= 0.3 is 0 Å². The Labute approximate surface area is 119 Å². The number of piperidine rings is 1. The van der Waals surface area contributed by atoms with Crippen molar-refractivity contribution in [2.24, 2.45) is 0 Å². The van der Waals surface area contributed by atoms with E-state index in [0.29, 0.717) is 6.04 Å². The van der Waals surface area contributed by atoms with E-state index in [1.807, 2.05) is 28.8 Å². The van der Waals surface area contributed by atoms with Gasteiger partial charge in [-0.15, -0.1) is 0 Å². The first-order valence-corrected chi connectivity index (χ1v) is 7.54. The molecule has 1 saturated heterocycles. The van der Waals surface area contributed by atoms with Crippen LogP contribution in [0.5, 0.6) is 0 Å². The molecule has 0 radical (unpaired) electrons. The highest BCUT2D eigenvalue weighted by atomic mass is 16.1. The van der Waals surface area contributed by atoms with Crippen LogP contribution in [0.2, 0.25) is 0 Å². The second-order valence-corrected chi connectivity index (χ2v) is 5.80. The van der Waals surface area contributed by atoms with Crippen LogP contribution in [0.25, 0.3) is 10.9 Å². The molecular formula is C17H22N2O. The fourth-order valence-corrected chi connectivity index (χ4v) is 3.26. The van der Waals surface area contributed by atoms with Gasteiger partial charge in [-0.1, -0.05) is 24.6 Å². The smallest absolute Gasteiger partial charge is 0.251 e. The lowest BCUT2D eigenvalue weighted by Crippen LogP contribution is -2.37. The summed E-state index contributed by atoms with van der Waals surface area (Å²) in [4.78, 5) is 14.6. The summed E-state index contributed by atoms with van der Waals surface area (Å²) in [6.07, 6.45) is 4.95. The number of para-hydroxylation sites is 1. The van der Waals surface area contributed by atoms with Gasteiger partial charge in [0.25, 0.3) is 5.56 Å². The van der Waals surface area contributed by atoms with Crippen molar-refractivity contribution in [3.05, 3.63) is 46.8 Å². The molecule has 1 aliphatic heterocycles. The fraction of sp³-hybridized carbons (Fsp3) is 0.471. The van der Waals surface area contributed by atoms with E-state index in [0.717, 1.165) is 23.9 Å². The Kier molecular flexibility index (Phi) is 3.88. The monoisotopic (exact) mass is 270 g/mol. The van der Waals surface area contributed by atoms with Crippen LogP contribution in [-0.2, 0) is 6.54 Å². The number of likely N-dealkylation sites (tertiary alicyclic amines) is 1. The topological polar surface area (TPSA) is 25.2 Å². The van der Waals surface area contributed by atoms with Gasteiger partial charge in [0.2, 0.25) is 0 Å². The summed E-state index contributed by atoms with van der Waals surface area (Å²) in [7, 11) is 2.20. The van der Waals surface area contributed by atoms with Crippen LogP contribution in [0.1, 0.15) is 25.7 Å². The van der Waals surface area contributed by atoms with Crippen molar-refractivity contribution >= 4 is 10.9 Å². The van der Waals surface area contributed by atoms with E-state index in [4.69, 9.17) is 0 Å². The van der Waals surface area contributed by atoms with Crippen molar-refractivity contribution in [2.75, 3.05) is 13.6 Å². The van der Waals surface area contributed by atoms with Gasteiger partial charge in [0.1, 0.15) is 0 Å². The van der Waals surface area contributed by atoms with Gasteiger partial charge in [0, 0.05) is 18.7 Å². The Morgan fingerprint density at radius 2 is 2.00 bits per heavy atom. The molecule has 0 aliphatic carbocycles. The zero-order valence-corrected chi connectivity index (χ0v) is 12.1. The maximum Gasteiger partial charge on any atom is 0.251 e. The van der Waals surface area contributed by atoms with Gasteiger partial charge < -0.3 is 9.47 Å². The molecule has 20 heavy (non-hydrogen) atoms. The summed E-state index contributed by atoms with van der Waals surface area (Å²) in [5, 5.41) is 1.14. The zero-order chi connectivity index (χ0) is 13.9. The van der Waals surface area contributed by atoms with E-state index in [2.05, 4.69) is 18.0 Å². The van der Waals surface area contributed by atoms with E-state index < -0.39 is 0 Å². The Morgan fingerprint density at radius 3 is 2.85 bits per heavy atom. The average Bonchev–Trinajstić information content (AvgIpc) is 2.48. The third-order valence-corrected chi connectivity index (χ3v) is 4.51. The van der Waals surface area contributed by atoms with E-state index in [-0.39, 0.29) is 5.56 Å². The van der Waals surface area contributed by atoms with Crippen LogP contribution < -0.4 is 5.56 Å². The standard InChI is InChI=1S/C17H22N2O/c1-18-12-5-4-7-15(18)11-13-19-16-8-3-2-6-14(16)9-10-17(19)20/h2-3,6,8-10,15H,4-5,7,11-13H2,1H3/t15-/m0/s1. The normalized spacial score (nSPS) is 20.4. The van der Waals surface area contributed by atoms with E-state index in [9.17, 15) is 4.79 Å². The van der Waals surface area contributed by atoms with E-state index in [1.165, 1.54) is 25.8 Å². The molecule has 1 aromatic heterocycles. The number of pyridine rings is 1. The Hall–Kier alpha value is -1.61. The van der Waals surface area contributed by atoms with E-state index in [1.54, 1.807) is 6.07 Å². The second kappa shape index (κ2) is 5.80. The third kappa shape index (κ3) is 2.63. The molecule has 0 bridgehead atoms. The highest BCUT2D eigenvalue weighted by Crippen LogP contribution is 2.19. The predicted molar refractivity (Wildman–Crippen MR) is 83.1 cm³/mol. The summed E-state index contributed by atoms with van der Waals surface area (Å²) >= 11 is 0. The minimum atomic E-state index is 0.113. The van der Waals surface area contributed by atoms with Gasteiger partial charge in [0.15, 0.2) is 0 Å². The third-order valence-electron chi connectivity index (χ3n) is 4.51. The minimum absolute atomic E-state index is 0.113. The van der Waals surface area contributed by atoms with Crippen molar-refractivity contribution in [1.29, 1.82) is 0 Å². The highest BCUT2D eigenvalue weighted by molar-refractivity contribution is 5.78. The molecular weight excluding hydrogens is 248 g/mol. The second-order valence-electron chi connectivity index (χ2n) is 5.80. The van der Waals surface area contributed by atoms with Gasteiger partial charge in [-0.2, -0.15) is 0 Å². The largest absolute Gasteiger partial charge is 0.308 e. The number of aromatic nitrogens is 1. The molecule has 2 aromatic rings. The highest BCUT2D eigenvalue weighted by Gasteiger charge is 2.18. The molecule has 0 amide bonds. The van der Waals surface area contributed by atoms with Gasteiger partial charge in [-0.25, -0.2) is 0 Å². The zero-order valence-electron chi connectivity index (χ0n) is 12.1. The number of benzene rings is 1. The van der Waals surface area contributed by atoms with Gasteiger partial charge in [-0.3, -0.25) is 4.79 Å². The van der Waals surface area contributed by atoms with Crippen LogP contribution in [0.3, 0.4) is 0 Å². The number of aryl methyl sites for hydroxylation is 1.